The summed E-state index contributed by atoms with van der Waals surface area (Å²) in [6.45, 7) is 5.18. The molecule has 2 N–H and O–H groups in total. The number of aryl methyl sites for hydroxylation is 1. The second kappa shape index (κ2) is 6.39. The fourth-order valence-corrected chi connectivity index (χ4v) is 2.27. The topological polar surface area (TPSA) is 24.1 Å². The first kappa shape index (κ1) is 12.9. The highest BCUT2D eigenvalue weighted by atomic mass is 35.5. The van der Waals surface area contributed by atoms with Crippen molar-refractivity contribution in [3.05, 3.63) is 34.3 Å². The molecule has 1 aliphatic carbocycles. The van der Waals surface area contributed by atoms with Crippen LogP contribution in [-0.2, 0) is 6.54 Å². The molecule has 1 fully saturated rings. The van der Waals surface area contributed by atoms with E-state index in [9.17, 15) is 0 Å². The van der Waals surface area contributed by atoms with Crippen LogP contribution in [0, 0.1) is 6.92 Å². The van der Waals surface area contributed by atoms with Crippen molar-refractivity contribution in [1.29, 1.82) is 0 Å². The lowest BCUT2D eigenvalue weighted by Crippen LogP contribution is -2.23. The average Bonchev–Trinajstić information content (AvgIpc) is 3.05. The third-order valence-electron chi connectivity index (χ3n) is 2.97. The van der Waals surface area contributed by atoms with E-state index < -0.39 is 0 Å². The molecule has 0 heterocycles. The Morgan fingerprint density at radius 3 is 2.76 bits per heavy atom. The molecule has 1 aromatic carbocycles. The van der Waals surface area contributed by atoms with Gasteiger partial charge in [-0.15, -0.1) is 0 Å². The summed E-state index contributed by atoms with van der Waals surface area (Å²) in [5.74, 6) is 0. The molecule has 0 saturated heterocycles. The molecule has 0 radical (unpaired) electrons. The minimum Gasteiger partial charge on any atom is -0.314 e. The van der Waals surface area contributed by atoms with Crippen LogP contribution >= 0.6 is 11.6 Å². The summed E-state index contributed by atoms with van der Waals surface area (Å²) < 4.78 is 0. The lowest BCUT2D eigenvalue weighted by atomic mass is 10.1. The van der Waals surface area contributed by atoms with Gasteiger partial charge in [-0.2, -0.15) is 0 Å². The Bertz CT molecular complexity index is 341. The Balaban J connectivity index is 1.59. The third-order valence-corrected chi connectivity index (χ3v) is 3.19. The van der Waals surface area contributed by atoms with Crippen LogP contribution in [-0.4, -0.2) is 19.1 Å². The molecule has 2 rings (SSSR count). The van der Waals surface area contributed by atoms with E-state index in [0.29, 0.717) is 0 Å². The van der Waals surface area contributed by atoms with Gasteiger partial charge >= 0.3 is 0 Å². The second-order valence-electron chi connectivity index (χ2n) is 4.90. The van der Waals surface area contributed by atoms with Crippen molar-refractivity contribution < 1.29 is 0 Å². The summed E-state index contributed by atoms with van der Waals surface area (Å²) in [5, 5.41) is 7.79. The van der Waals surface area contributed by atoms with E-state index in [2.05, 4.69) is 23.6 Å². The molecule has 2 nitrogen and oxygen atoms in total. The van der Waals surface area contributed by atoms with Gasteiger partial charge in [0.25, 0.3) is 0 Å². The number of hydrogen-bond donors (Lipinski definition) is 2. The summed E-state index contributed by atoms with van der Waals surface area (Å²) in [6.07, 6.45) is 3.93. The minimum absolute atomic E-state index is 0.825. The number of nitrogens with one attached hydrogen (secondary N) is 2. The van der Waals surface area contributed by atoms with Gasteiger partial charge in [0.05, 0.1) is 0 Å². The molecule has 0 aliphatic heterocycles. The zero-order valence-electron chi connectivity index (χ0n) is 10.4. The van der Waals surface area contributed by atoms with Crippen molar-refractivity contribution in [3.63, 3.8) is 0 Å². The molecule has 1 aromatic rings. The normalized spacial score (nSPS) is 15.2. The lowest BCUT2D eigenvalue weighted by Gasteiger charge is -2.07. The second-order valence-corrected chi connectivity index (χ2v) is 5.33. The summed E-state index contributed by atoms with van der Waals surface area (Å²) in [6, 6.07) is 7.03. The molecule has 0 amide bonds. The van der Waals surface area contributed by atoms with Gasteiger partial charge in [0.1, 0.15) is 0 Å². The molecular formula is C14H21ClN2. The van der Waals surface area contributed by atoms with Gasteiger partial charge in [-0.25, -0.2) is 0 Å². The van der Waals surface area contributed by atoms with Crippen LogP contribution in [0.1, 0.15) is 30.4 Å². The number of benzene rings is 1. The van der Waals surface area contributed by atoms with Crippen LogP contribution in [0.3, 0.4) is 0 Å². The van der Waals surface area contributed by atoms with Crippen LogP contribution in [0.4, 0.5) is 0 Å². The first-order chi connectivity index (χ1) is 8.24. The summed E-state index contributed by atoms with van der Waals surface area (Å²) in [5.41, 5.74) is 2.50. The van der Waals surface area contributed by atoms with Crippen LogP contribution in [0.25, 0.3) is 0 Å². The Morgan fingerprint density at radius 2 is 2.06 bits per heavy atom. The quantitative estimate of drug-likeness (QED) is 0.730. The third kappa shape index (κ3) is 5.07. The Labute approximate surface area is 109 Å². The highest BCUT2D eigenvalue weighted by molar-refractivity contribution is 6.30. The van der Waals surface area contributed by atoms with Gasteiger partial charge in [-0.3, -0.25) is 0 Å². The maximum Gasteiger partial charge on any atom is 0.0411 e. The highest BCUT2D eigenvalue weighted by Crippen LogP contribution is 2.18. The van der Waals surface area contributed by atoms with Crippen molar-refractivity contribution in [3.8, 4) is 0 Å². The van der Waals surface area contributed by atoms with E-state index in [0.717, 1.165) is 30.7 Å². The van der Waals surface area contributed by atoms with Crippen molar-refractivity contribution in [2.75, 3.05) is 13.1 Å². The molecule has 1 aliphatic rings. The molecule has 17 heavy (non-hydrogen) atoms. The van der Waals surface area contributed by atoms with Gasteiger partial charge in [0.2, 0.25) is 0 Å². The van der Waals surface area contributed by atoms with Gasteiger partial charge in [-0.1, -0.05) is 17.7 Å². The van der Waals surface area contributed by atoms with Crippen molar-refractivity contribution in [1.82, 2.24) is 10.6 Å². The Kier molecular flexibility index (Phi) is 4.84. The zero-order valence-corrected chi connectivity index (χ0v) is 11.2. The van der Waals surface area contributed by atoms with Crippen LogP contribution in [0.15, 0.2) is 18.2 Å². The van der Waals surface area contributed by atoms with Crippen LogP contribution in [0.5, 0.6) is 0 Å². The fraction of sp³-hybridized carbons (Fsp3) is 0.571. The van der Waals surface area contributed by atoms with Crippen LogP contribution in [0.2, 0.25) is 5.02 Å². The first-order valence-electron chi connectivity index (χ1n) is 6.44. The Hall–Kier alpha value is -0.570. The molecule has 0 unspecified atom stereocenters. The molecule has 3 heteroatoms. The fourth-order valence-electron chi connectivity index (χ4n) is 1.95. The van der Waals surface area contributed by atoms with E-state index in [-0.39, 0.29) is 0 Å². The molecule has 0 atom stereocenters. The highest BCUT2D eigenvalue weighted by Gasteiger charge is 2.19. The first-order valence-corrected chi connectivity index (χ1v) is 6.82. The van der Waals surface area contributed by atoms with E-state index in [1.165, 1.54) is 30.4 Å². The molecule has 94 valence electrons. The van der Waals surface area contributed by atoms with Gasteiger partial charge < -0.3 is 10.6 Å². The van der Waals surface area contributed by atoms with Gasteiger partial charge in [-0.05, 0) is 62.5 Å². The van der Waals surface area contributed by atoms with E-state index in [4.69, 9.17) is 11.6 Å². The minimum atomic E-state index is 0.825. The molecule has 0 bridgehead atoms. The van der Waals surface area contributed by atoms with E-state index in [1.807, 2.05) is 12.1 Å². The van der Waals surface area contributed by atoms with Crippen molar-refractivity contribution in [2.24, 2.45) is 0 Å². The maximum absolute atomic E-state index is 6.02. The standard InChI is InChI=1S/C14H21ClN2/c1-11-7-12(9-13(15)8-11)10-16-5-2-6-17-14-3-4-14/h7-9,14,16-17H,2-6,10H2,1H3. The SMILES string of the molecule is Cc1cc(Cl)cc(CNCCCNC2CC2)c1. The number of rotatable bonds is 7. The largest absolute Gasteiger partial charge is 0.314 e. The molecular weight excluding hydrogens is 232 g/mol. The van der Waals surface area contributed by atoms with Crippen molar-refractivity contribution in [2.45, 2.75) is 38.8 Å². The monoisotopic (exact) mass is 252 g/mol. The summed E-state index contributed by atoms with van der Waals surface area (Å²) in [7, 11) is 0. The van der Waals surface area contributed by atoms with Gasteiger partial charge in [0, 0.05) is 17.6 Å². The molecule has 0 spiro atoms. The smallest absolute Gasteiger partial charge is 0.0411 e. The predicted molar refractivity (Wildman–Crippen MR) is 73.5 cm³/mol. The van der Waals surface area contributed by atoms with Gasteiger partial charge in [0.15, 0.2) is 0 Å². The summed E-state index contributed by atoms with van der Waals surface area (Å²) in [4.78, 5) is 0. The zero-order chi connectivity index (χ0) is 12.1. The predicted octanol–water partition coefficient (Wildman–Crippen LogP) is 2.88. The summed E-state index contributed by atoms with van der Waals surface area (Å²) >= 11 is 6.02. The average molecular weight is 253 g/mol. The number of halogens is 1. The Morgan fingerprint density at radius 1 is 1.24 bits per heavy atom. The molecule has 1 saturated carbocycles. The maximum atomic E-state index is 6.02. The molecule has 0 aromatic heterocycles. The van der Waals surface area contributed by atoms with Crippen LogP contribution < -0.4 is 10.6 Å². The van der Waals surface area contributed by atoms with Crippen molar-refractivity contribution >= 4 is 11.6 Å². The lowest BCUT2D eigenvalue weighted by molar-refractivity contribution is 0.593. The van der Waals surface area contributed by atoms with E-state index >= 15 is 0 Å². The number of hydrogen-bond acceptors (Lipinski definition) is 2. The van der Waals surface area contributed by atoms with E-state index in [1.54, 1.807) is 0 Å².